The van der Waals surface area contributed by atoms with E-state index in [2.05, 4.69) is 4.98 Å². The molecular formula is C18H18N2O3. The number of carboxylic acid groups (broad SMARTS) is 1. The first kappa shape index (κ1) is 15.2. The molecule has 0 aliphatic heterocycles. The number of aryl methyl sites for hydroxylation is 2. The van der Waals surface area contributed by atoms with Crippen LogP contribution in [0.1, 0.15) is 22.7 Å². The number of hydrogen-bond acceptors (Lipinski definition) is 3. The van der Waals surface area contributed by atoms with Crippen molar-refractivity contribution in [3.63, 3.8) is 0 Å². The summed E-state index contributed by atoms with van der Waals surface area (Å²) in [6, 6.07) is 11.5. The summed E-state index contributed by atoms with van der Waals surface area (Å²) in [5, 5.41) is 19.1. The molecule has 0 saturated carbocycles. The Morgan fingerprint density at radius 2 is 1.78 bits per heavy atom. The molecule has 0 amide bonds. The van der Waals surface area contributed by atoms with Crippen LogP contribution in [0.5, 0.6) is 0 Å². The Morgan fingerprint density at radius 1 is 1.13 bits per heavy atom. The van der Waals surface area contributed by atoms with Gasteiger partial charge in [-0.3, -0.25) is 4.79 Å². The van der Waals surface area contributed by atoms with Crippen molar-refractivity contribution in [1.29, 1.82) is 0 Å². The second-order valence-corrected chi connectivity index (χ2v) is 5.72. The molecule has 0 aliphatic rings. The third kappa shape index (κ3) is 2.71. The molecule has 2 heterocycles. The summed E-state index contributed by atoms with van der Waals surface area (Å²) < 4.78 is 1.76. The molecule has 118 valence electrons. The van der Waals surface area contributed by atoms with Crippen molar-refractivity contribution in [3.05, 3.63) is 59.4 Å². The number of hydrogen-bond donors (Lipinski definition) is 2. The molecule has 2 N–H and O–H groups in total. The van der Waals surface area contributed by atoms with E-state index in [9.17, 15) is 15.0 Å². The van der Waals surface area contributed by atoms with Crippen LogP contribution < -0.4 is 0 Å². The molecule has 1 unspecified atom stereocenters. The van der Waals surface area contributed by atoms with E-state index < -0.39 is 18.5 Å². The quantitative estimate of drug-likeness (QED) is 0.777. The second kappa shape index (κ2) is 5.85. The van der Waals surface area contributed by atoms with Crippen LogP contribution in [-0.2, 0) is 4.79 Å². The number of fused-ring (bicyclic) bond motifs is 1. The summed E-state index contributed by atoms with van der Waals surface area (Å²) in [4.78, 5) is 16.2. The molecule has 0 saturated heterocycles. The van der Waals surface area contributed by atoms with Gasteiger partial charge in [0.25, 0.3) is 0 Å². The summed E-state index contributed by atoms with van der Waals surface area (Å²) in [6.45, 7) is 3.45. The topological polar surface area (TPSA) is 74.8 Å². The van der Waals surface area contributed by atoms with E-state index in [1.54, 1.807) is 4.40 Å². The van der Waals surface area contributed by atoms with Crippen molar-refractivity contribution >= 4 is 11.6 Å². The summed E-state index contributed by atoms with van der Waals surface area (Å²) >= 11 is 0. The molecule has 3 aromatic rings. The van der Waals surface area contributed by atoms with E-state index in [0.717, 1.165) is 16.7 Å². The van der Waals surface area contributed by atoms with Crippen LogP contribution in [-0.4, -0.2) is 32.2 Å². The van der Waals surface area contributed by atoms with Crippen molar-refractivity contribution in [2.45, 2.75) is 19.8 Å². The molecule has 1 atom stereocenters. The Bertz CT molecular complexity index is 866. The molecule has 0 spiro atoms. The Balaban J connectivity index is 2.31. The van der Waals surface area contributed by atoms with Crippen LogP contribution in [0.3, 0.4) is 0 Å². The number of imidazole rings is 1. The van der Waals surface area contributed by atoms with Gasteiger partial charge in [0.1, 0.15) is 11.6 Å². The normalized spacial score (nSPS) is 12.5. The first-order valence-electron chi connectivity index (χ1n) is 7.40. The van der Waals surface area contributed by atoms with Crippen LogP contribution in [0, 0.1) is 13.8 Å². The molecule has 23 heavy (non-hydrogen) atoms. The molecule has 3 rings (SSSR count). The van der Waals surface area contributed by atoms with Crippen LogP contribution in [0.25, 0.3) is 16.9 Å². The summed E-state index contributed by atoms with van der Waals surface area (Å²) in [7, 11) is 0. The van der Waals surface area contributed by atoms with Gasteiger partial charge < -0.3 is 14.6 Å². The fraction of sp³-hybridized carbons (Fsp3) is 0.222. The highest BCUT2D eigenvalue weighted by molar-refractivity contribution is 5.80. The van der Waals surface area contributed by atoms with Crippen molar-refractivity contribution in [2.24, 2.45) is 0 Å². The first-order valence-corrected chi connectivity index (χ1v) is 7.40. The molecule has 0 bridgehead atoms. The minimum atomic E-state index is -1.07. The number of aromatic nitrogens is 2. The molecule has 0 fully saturated rings. The smallest absolute Gasteiger partial charge is 0.314 e. The average molecular weight is 310 g/mol. The lowest BCUT2D eigenvalue weighted by Crippen LogP contribution is -2.18. The van der Waals surface area contributed by atoms with Gasteiger partial charge in [-0.1, -0.05) is 35.9 Å². The molecule has 5 nitrogen and oxygen atoms in total. The predicted octanol–water partition coefficient (Wildman–Crippen LogP) is 2.78. The maximum Gasteiger partial charge on any atom is 0.314 e. The lowest BCUT2D eigenvalue weighted by atomic mass is 10.00. The SMILES string of the molecule is Cc1ccc(-c2nc3ccc(C)cn3c2C(CO)C(=O)O)cc1. The molecule has 2 aromatic heterocycles. The van der Waals surface area contributed by atoms with Gasteiger partial charge in [0.15, 0.2) is 0 Å². The van der Waals surface area contributed by atoms with Gasteiger partial charge >= 0.3 is 5.97 Å². The number of aliphatic hydroxyl groups excluding tert-OH is 1. The van der Waals surface area contributed by atoms with Gasteiger partial charge in [0, 0.05) is 11.8 Å². The van der Waals surface area contributed by atoms with Gasteiger partial charge in [-0.2, -0.15) is 0 Å². The highest BCUT2D eigenvalue weighted by atomic mass is 16.4. The molecule has 5 heteroatoms. The van der Waals surface area contributed by atoms with E-state index in [0.29, 0.717) is 17.0 Å². The van der Waals surface area contributed by atoms with Crippen LogP contribution in [0.4, 0.5) is 0 Å². The summed E-state index contributed by atoms with van der Waals surface area (Å²) in [6.07, 6.45) is 1.85. The Hall–Kier alpha value is -2.66. The monoisotopic (exact) mass is 310 g/mol. The van der Waals surface area contributed by atoms with Gasteiger partial charge in [0.05, 0.1) is 18.0 Å². The van der Waals surface area contributed by atoms with Gasteiger partial charge in [-0.25, -0.2) is 4.98 Å². The maximum absolute atomic E-state index is 11.6. The number of rotatable bonds is 4. The zero-order valence-corrected chi connectivity index (χ0v) is 13.0. The largest absolute Gasteiger partial charge is 0.481 e. The number of carboxylic acids is 1. The maximum atomic E-state index is 11.6. The van der Waals surface area contributed by atoms with Crippen molar-refractivity contribution < 1.29 is 15.0 Å². The molecule has 0 radical (unpaired) electrons. The zero-order valence-electron chi connectivity index (χ0n) is 13.0. The van der Waals surface area contributed by atoms with E-state index in [1.807, 2.05) is 56.4 Å². The van der Waals surface area contributed by atoms with Gasteiger partial charge in [-0.15, -0.1) is 0 Å². The number of carbonyl (C=O) groups is 1. The lowest BCUT2D eigenvalue weighted by Gasteiger charge is -2.12. The van der Waals surface area contributed by atoms with E-state index in [1.165, 1.54) is 0 Å². The summed E-state index contributed by atoms with van der Waals surface area (Å²) in [5.74, 6) is -2.09. The Kier molecular flexibility index (Phi) is 3.88. The highest BCUT2D eigenvalue weighted by Crippen LogP contribution is 2.30. The van der Waals surface area contributed by atoms with Gasteiger partial charge in [-0.05, 0) is 25.5 Å². The minimum Gasteiger partial charge on any atom is -0.481 e. The van der Waals surface area contributed by atoms with Crippen LogP contribution in [0.15, 0.2) is 42.6 Å². The second-order valence-electron chi connectivity index (χ2n) is 5.72. The molecule has 0 aliphatic carbocycles. The fourth-order valence-electron chi connectivity index (χ4n) is 2.71. The molecular weight excluding hydrogens is 292 g/mol. The summed E-state index contributed by atoms with van der Waals surface area (Å²) in [5.41, 5.74) is 4.72. The van der Waals surface area contributed by atoms with E-state index >= 15 is 0 Å². The number of aliphatic hydroxyl groups is 1. The van der Waals surface area contributed by atoms with Crippen molar-refractivity contribution in [3.8, 4) is 11.3 Å². The van der Waals surface area contributed by atoms with Gasteiger partial charge in [0.2, 0.25) is 0 Å². The highest BCUT2D eigenvalue weighted by Gasteiger charge is 2.27. The fourth-order valence-corrected chi connectivity index (χ4v) is 2.71. The number of nitrogens with zero attached hydrogens (tertiary/aromatic N) is 2. The van der Waals surface area contributed by atoms with Crippen LogP contribution in [0.2, 0.25) is 0 Å². The van der Waals surface area contributed by atoms with Crippen LogP contribution >= 0.6 is 0 Å². The van der Waals surface area contributed by atoms with Crippen molar-refractivity contribution in [2.75, 3.05) is 6.61 Å². The Morgan fingerprint density at radius 3 is 2.39 bits per heavy atom. The van der Waals surface area contributed by atoms with Crippen molar-refractivity contribution in [1.82, 2.24) is 9.38 Å². The third-order valence-electron chi connectivity index (χ3n) is 3.94. The molecule has 1 aromatic carbocycles. The first-order chi connectivity index (χ1) is 11.0. The third-order valence-corrected chi connectivity index (χ3v) is 3.94. The predicted molar refractivity (Wildman–Crippen MR) is 87.6 cm³/mol. The van der Waals surface area contributed by atoms with E-state index in [4.69, 9.17) is 0 Å². The number of pyridine rings is 1. The number of benzene rings is 1. The minimum absolute atomic E-state index is 0.476. The zero-order chi connectivity index (χ0) is 16.6. The Labute approximate surface area is 133 Å². The number of aliphatic carboxylic acids is 1. The lowest BCUT2D eigenvalue weighted by molar-refractivity contribution is -0.139. The average Bonchev–Trinajstić information content (AvgIpc) is 2.87. The standard InChI is InChI=1S/C18H18N2O3/c1-11-3-6-13(7-4-11)16-17(14(10-21)18(22)23)20-9-12(2)5-8-15(20)19-16/h3-9,14,21H,10H2,1-2H3,(H,22,23). The van der Waals surface area contributed by atoms with E-state index in [-0.39, 0.29) is 0 Å².